The van der Waals surface area contributed by atoms with Crippen LogP contribution in [-0.2, 0) is 9.47 Å². The van der Waals surface area contributed by atoms with Crippen LogP contribution in [0.1, 0.15) is 58.3 Å². The maximum Gasteiger partial charge on any atom is 0.358 e. The zero-order chi connectivity index (χ0) is 18.9. The molecule has 152 valence electrons. The average molecular weight is 384 g/mol. The molecular formula is C19H29F5O2. The molecule has 0 amide bonds. The summed E-state index contributed by atoms with van der Waals surface area (Å²) in [6, 6.07) is 0. The Hall–Kier alpha value is -0.430. The monoisotopic (exact) mass is 384 g/mol. The van der Waals surface area contributed by atoms with E-state index in [1.54, 1.807) is 0 Å². The van der Waals surface area contributed by atoms with Gasteiger partial charge in [-0.2, -0.15) is 8.78 Å². The van der Waals surface area contributed by atoms with Gasteiger partial charge in [0.25, 0.3) is 0 Å². The number of hydrogen-bond donors (Lipinski definition) is 0. The third kappa shape index (κ3) is 4.70. The first-order chi connectivity index (χ1) is 12.3. The van der Waals surface area contributed by atoms with Crippen molar-refractivity contribution in [3.05, 3.63) is 0 Å². The number of alkyl halides is 5. The number of halogens is 5. The fourth-order valence-corrected chi connectivity index (χ4v) is 4.60. The molecule has 0 aromatic rings. The van der Waals surface area contributed by atoms with Gasteiger partial charge in [0.2, 0.25) is 0 Å². The van der Waals surface area contributed by atoms with Gasteiger partial charge in [-0.1, -0.05) is 6.92 Å². The van der Waals surface area contributed by atoms with Crippen LogP contribution in [0.15, 0.2) is 0 Å². The minimum absolute atomic E-state index is 0.154. The number of ether oxygens (including phenoxy) is 2. The summed E-state index contributed by atoms with van der Waals surface area (Å²) < 4.78 is 79.6. The molecule has 0 radical (unpaired) electrons. The third-order valence-electron chi connectivity index (χ3n) is 6.30. The third-order valence-corrected chi connectivity index (χ3v) is 6.30. The van der Waals surface area contributed by atoms with Crippen LogP contribution in [-0.4, -0.2) is 43.4 Å². The lowest BCUT2D eigenvalue weighted by molar-refractivity contribution is -0.307. The molecule has 3 fully saturated rings. The molecule has 1 heterocycles. The predicted molar refractivity (Wildman–Crippen MR) is 87.3 cm³/mol. The van der Waals surface area contributed by atoms with Crippen molar-refractivity contribution in [1.82, 2.24) is 0 Å². The van der Waals surface area contributed by atoms with Crippen LogP contribution in [0.25, 0.3) is 0 Å². The second-order valence-electron chi connectivity index (χ2n) is 8.42. The molecule has 2 aliphatic carbocycles. The minimum atomic E-state index is -3.43. The Kier molecular flexibility index (Phi) is 6.48. The van der Waals surface area contributed by atoms with Gasteiger partial charge in [-0.15, -0.1) is 0 Å². The summed E-state index contributed by atoms with van der Waals surface area (Å²) >= 11 is 0. The van der Waals surface area contributed by atoms with Crippen LogP contribution in [0.2, 0.25) is 0 Å². The summed E-state index contributed by atoms with van der Waals surface area (Å²) in [5.74, 6) is -0.110. The molecule has 0 aromatic heterocycles. The van der Waals surface area contributed by atoms with E-state index < -0.39 is 49.5 Å². The second-order valence-corrected chi connectivity index (χ2v) is 8.42. The topological polar surface area (TPSA) is 18.5 Å². The first kappa shape index (κ1) is 20.3. The summed E-state index contributed by atoms with van der Waals surface area (Å²) in [6.07, 6.45) is -7.98. The van der Waals surface area contributed by atoms with E-state index in [9.17, 15) is 22.0 Å². The van der Waals surface area contributed by atoms with E-state index in [1.165, 1.54) is 0 Å². The van der Waals surface area contributed by atoms with Crippen molar-refractivity contribution in [3.63, 3.8) is 0 Å². The van der Waals surface area contributed by atoms with Crippen molar-refractivity contribution >= 4 is 0 Å². The van der Waals surface area contributed by atoms with Gasteiger partial charge in [-0.25, -0.2) is 13.2 Å². The Morgan fingerprint density at radius 2 is 1.50 bits per heavy atom. The normalized spacial score (nSPS) is 45.5. The van der Waals surface area contributed by atoms with Crippen LogP contribution in [0.3, 0.4) is 0 Å². The Bertz CT molecular complexity index is 435. The lowest BCUT2D eigenvalue weighted by atomic mass is 9.77. The molecule has 0 bridgehead atoms. The first-order valence-electron chi connectivity index (χ1n) is 9.85. The maximum atomic E-state index is 14.5. The predicted octanol–water partition coefficient (Wildman–Crippen LogP) is 5.39. The largest absolute Gasteiger partial charge is 0.378 e. The molecule has 0 spiro atoms. The minimum Gasteiger partial charge on any atom is -0.378 e. The summed E-state index contributed by atoms with van der Waals surface area (Å²) in [4.78, 5) is 0. The quantitative estimate of drug-likeness (QED) is 0.605. The molecule has 0 N–H and O–H groups in total. The molecule has 3 rings (SSSR count). The van der Waals surface area contributed by atoms with E-state index in [-0.39, 0.29) is 6.10 Å². The summed E-state index contributed by atoms with van der Waals surface area (Å²) in [6.45, 7) is 2.88. The second kappa shape index (κ2) is 8.29. The molecule has 0 aromatic carbocycles. The van der Waals surface area contributed by atoms with E-state index in [0.29, 0.717) is 37.5 Å². The Morgan fingerprint density at radius 1 is 0.885 bits per heavy atom. The van der Waals surface area contributed by atoms with Gasteiger partial charge in [0.05, 0.1) is 18.1 Å². The van der Waals surface area contributed by atoms with E-state index >= 15 is 0 Å². The van der Waals surface area contributed by atoms with Crippen LogP contribution in [0.4, 0.5) is 22.0 Å². The van der Waals surface area contributed by atoms with Gasteiger partial charge in [-0.3, -0.25) is 0 Å². The lowest BCUT2D eigenvalue weighted by Crippen LogP contribution is -2.45. The van der Waals surface area contributed by atoms with Gasteiger partial charge in [0, 0.05) is 19.4 Å². The summed E-state index contributed by atoms with van der Waals surface area (Å²) in [7, 11) is 0. The average Bonchev–Trinajstić information content (AvgIpc) is 2.60. The molecule has 1 aliphatic heterocycles. The van der Waals surface area contributed by atoms with Gasteiger partial charge >= 0.3 is 6.11 Å². The standard InChI is InChI=1S/C19H29F5O2/c1-11-2-7-17(25-10-11)12-3-5-13(6-4-12)19(23,24)26-14-8-15(20)18(22)16(21)9-14/h11-18H,2-10H2,1H3. The molecule has 4 unspecified atom stereocenters. The smallest absolute Gasteiger partial charge is 0.358 e. The van der Waals surface area contributed by atoms with Crippen molar-refractivity contribution in [1.29, 1.82) is 0 Å². The van der Waals surface area contributed by atoms with Crippen molar-refractivity contribution in [2.45, 2.75) is 95.1 Å². The van der Waals surface area contributed by atoms with Crippen molar-refractivity contribution in [2.24, 2.45) is 17.8 Å². The van der Waals surface area contributed by atoms with Crippen LogP contribution in [0.5, 0.6) is 0 Å². The Labute approximate surface area is 151 Å². The van der Waals surface area contributed by atoms with Gasteiger partial charge < -0.3 is 9.47 Å². The number of rotatable bonds is 4. The summed E-state index contributed by atoms with van der Waals surface area (Å²) in [5.41, 5.74) is 0. The van der Waals surface area contributed by atoms with E-state index in [4.69, 9.17) is 9.47 Å². The van der Waals surface area contributed by atoms with E-state index in [1.807, 2.05) is 0 Å². The van der Waals surface area contributed by atoms with Crippen molar-refractivity contribution in [2.75, 3.05) is 6.61 Å². The van der Waals surface area contributed by atoms with Crippen LogP contribution >= 0.6 is 0 Å². The van der Waals surface area contributed by atoms with Crippen LogP contribution in [0, 0.1) is 17.8 Å². The molecular weight excluding hydrogens is 355 g/mol. The molecule has 7 heteroatoms. The highest BCUT2D eigenvalue weighted by atomic mass is 19.3. The van der Waals surface area contributed by atoms with Gasteiger partial charge in [0.15, 0.2) is 6.17 Å². The SMILES string of the molecule is CC1CCC(C2CCC(C(F)(F)OC3CC(F)C(F)C(F)C3)CC2)OC1. The zero-order valence-electron chi connectivity index (χ0n) is 15.2. The van der Waals surface area contributed by atoms with Crippen molar-refractivity contribution in [3.8, 4) is 0 Å². The van der Waals surface area contributed by atoms with Crippen LogP contribution < -0.4 is 0 Å². The first-order valence-corrected chi connectivity index (χ1v) is 9.85. The fraction of sp³-hybridized carbons (Fsp3) is 1.00. The molecule has 2 nitrogen and oxygen atoms in total. The Balaban J connectivity index is 1.48. The highest BCUT2D eigenvalue weighted by molar-refractivity contribution is 4.89. The highest BCUT2D eigenvalue weighted by Gasteiger charge is 2.48. The molecule has 2 saturated carbocycles. The van der Waals surface area contributed by atoms with Crippen molar-refractivity contribution < 1.29 is 31.4 Å². The molecule has 1 saturated heterocycles. The van der Waals surface area contributed by atoms with E-state index in [2.05, 4.69) is 6.92 Å². The van der Waals surface area contributed by atoms with E-state index in [0.717, 1.165) is 19.4 Å². The molecule has 26 heavy (non-hydrogen) atoms. The summed E-state index contributed by atoms with van der Waals surface area (Å²) in [5, 5.41) is 0. The lowest BCUT2D eigenvalue weighted by Gasteiger charge is -2.40. The number of hydrogen-bond acceptors (Lipinski definition) is 2. The Morgan fingerprint density at radius 3 is 2.04 bits per heavy atom. The fourth-order valence-electron chi connectivity index (χ4n) is 4.60. The van der Waals surface area contributed by atoms with Gasteiger partial charge in [-0.05, 0) is 50.4 Å². The zero-order valence-corrected chi connectivity index (χ0v) is 15.2. The maximum absolute atomic E-state index is 14.5. The van der Waals surface area contributed by atoms with Gasteiger partial charge in [0.1, 0.15) is 12.3 Å². The molecule has 3 aliphatic rings. The highest BCUT2D eigenvalue weighted by Crippen LogP contribution is 2.44. The molecule has 4 atom stereocenters.